The number of carbonyl (C=O) groups is 1. The molecule has 0 aromatic carbocycles. The lowest BCUT2D eigenvalue weighted by Crippen LogP contribution is -2.45. The zero-order valence-corrected chi connectivity index (χ0v) is 15.6. The van der Waals surface area contributed by atoms with Crippen molar-refractivity contribution in [2.45, 2.75) is 62.1 Å². The molecule has 1 aromatic rings. The Balaban J connectivity index is 1.44. The SMILES string of the molecule is CSc1nnc(C2CCN(CC(=O)NC3CCCCC3)CC2)n1C. The Morgan fingerprint density at radius 2 is 1.88 bits per heavy atom. The number of likely N-dealkylation sites (tertiary alicyclic amines) is 1. The molecular weight excluding hydrogens is 322 g/mol. The molecule has 2 fully saturated rings. The molecule has 1 aromatic heterocycles. The first-order valence-corrected chi connectivity index (χ1v) is 10.3. The van der Waals surface area contributed by atoms with Crippen molar-refractivity contribution >= 4 is 17.7 Å². The van der Waals surface area contributed by atoms with E-state index in [1.165, 1.54) is 19.3 Å². The minimum Gasteiger partial charge on any atom is -0.352 e. The molecule has 0 radical (unpaired) electrons. The van der Waals surface area contributed by atoms with E-state index in [1.807, 2.05) is 13.3 Å². The van der Waals surface area contributed by atoms with Gasteiger partial charge in [0, 0.05) is 19.0 Å². The van der Waals surface area contributed by atoms with Gasteiger partial charge in [-0.1, -0.05) is 31.0 Å². The number of thioether (sulfide) groups is 1. The Bertz CT molecular complexity index is 547. The van der Waals surface area contributed by atoms with Crippen molar-refractivity contribution in [3.63, 3.8) is 0 Å². The van der Waals surface area contributed by atoms with Gasteiger partial charge in [0.05, 0.1) is 6.54 Å². The molecule has 0 atom stereocenters. The molecule has 1 aliphatic heterocycles. The van der Waals surface area contributed by atoms with Gasteiger partial charge in [0.2, 0.25) is 5.91 Å². The third kappa shape index (κ3) is 4.30. The van der Waals surface area contributed by atoms with Gasteiger partial charge >= 0.3 is 0 Å². The lowest BCUT2D eigenvalue weighted by Gasteiger charge is -2.31. The van der Waals surface area contributed by atoms with E-state index in [4.69, 9.17) is 0 Å². The van der Waals surface area contributed by atoms with Crippen LogP contribution in [0.3, 0.4) is 0 Å². The van der Waals surface area contributed by atoms with Crippen LogP contribution < -0.4 is 5.32 Å². The van der Waals surface area contributed by atoms with Crippen LogP contribution in [-0.2, 0) is 11.8 Å². The van der Waals surface area contributed by atoms with Crippen LogP contribution in [0, 0.1) is 0 Å². The Hall–Kier alpha value is -1.08. The summed E-state index contributed by atoms with van der Waals surface area (Å²) in [6, 6.07) is 0.410. The van der Waals surface area contributed by atoms with Gasteiger partial charge in [-0.05, 0) is 45.0 Å². The largest absolute Gasteiger partial charge is 0.352 e. The molecule has 0 unspecified atom stereocenters. The summed E-state index contributed by atoms with van der Waals surface area (Å²) in [5, 5.41) is 12.8. The quantitative estimate of drug-likeness (QED) is 0.824. The normalized spacial score (nSPS) is 21.1. The van der Waals surface area contributed by atoms with Gasteiger partial charge in [0.1, 0.15) is 5.82 Å². The van der Waals surface area contributed by atoms with Crippen LogP contribution in [0.1, 0.15) is 56.7 Å². The lowest BCUT2D eigenvalue weighted by molar-refractivity contribution is -0.123. The van der Waals surface area contributed by atoms with Crippen molar-refractivity contribution < 1.29 is 4.79 Å². The summed E-state index contributed by atoms with van der Waals surface area (Å²) in [6.45, 7) is 2.46. The molecule has 1 N–H and O–H groups in total. The van der Waals surface area contributed by atoms with Crippen molar-refractivity contribution in [1.29, 1.82) is 0 Å². The number of nitrogens with zero attached hydrogens (tertiary/aromatic N) is 4. The monoisotopic (exact) mass is 351 g/mol. The highest BCUT2D eigenvalue weighted by Crippen LogP contribution is 2.28. The minimum absolute atomic E-state index is 0.198. The van der Waals surface area contributed by atoms with Crippen LogP contribution in [0.25, 0.3) is 0 Å². The Kier molecular flexibility index (Phi) is 6.16. The van der Waals surface area contributed by atoms with Gasteiger partial charge < -0.3 is 9.88 Å². The number of nitrogens with one attached hydrogen (secondary N) is 1. The fourth-order valence-corrected chi connectivity index (χ4v) is 4.42. The first kappa shape index (κ1) is 17.7. The standard InChI is InChI=1S/C17H29N5OS/c1-21-16(19-20-17(21)24-2)13-8-10-22(11-9-13)12-15(23)18-14-6-4-3-5-7-14/h13-14H,3-12H2,1-2H3,(H,18,23). The van der Waals surface area contributed by atoms with Gasteiger partial charge in [-0.15, -0.1) is 10.2 Å². The molecule has 1 saturated carbocycles. The van der Waals surface area contributed by atoms with Crippen LogP contribution in [0.15, 0.2) is 5.16 Å². The molecule has 0 spiro atoms. The van der Waals surface area contributed by atoms with Gasteiger partial charge in [-0.2, -0.15) is 0 Å². The minimum atomic E-state index is 0.198. The van der Waals surface area contributed by atoms with Gasteiger partial charge in [-0.25, -0.2) is 0 Å². The molecular formula is C17H29N5OS. The number of hydrogen-bond donors (Lipinski definition) is 1. The van der Waals surface area contributed by atoms with E-state index in [2.05, 4.69) is 25.0 Å². The maximum atomic E-state index is 12.2. The molecule has 2 aliphatic rings. The fourth-order valence-electron chi connectivity index (χ4n) is 3.93. The summed E-state index contributed by atoms with van der Waals surface area (Å²) in [5.74, 6) is 1.75. The number of rotatable bonds is 5. The molecule has 24 heavy (non-hydrogen) atoms. The zero-order chi connectivity index (χ0) is 16.9. The van der Waals surface area contributed by atoms with Gasteiger partial charge in [-0.3, -0.25) is 9.69 Å². The third-order valence-electron chi connectivity index (χ3n) is 5.34. The highest BCUT2D eigenvalue weighted by Gasteiger charge is 2.26. The van der Waals surface area contributed by atoms with Crippen molar-refractivity contribution in [3.8, 4) is 0 Å². The fraction of sp³-hybridized carbons (Fsp3) is 0.824. The first-order valence-electron chi connectivity index (χ1n) is 9.12. The Morgan fingerprint density at radius 3 is 2.50 bits per heavy atom. The third-order valence-corrected chi connectivity index (χ3v) is 6.06. The summed E-state index contributed by atoms with van der Waals surface area (Å²) in [7, 11) is 2.05. The van der Waals surface area contributed by atoms with E-state index < -0.39 is 0 Å². The molecule has 134 valence electrons. The second-order valence-electron chi connectivity index (χ2n) is 7.06. The van der Waals surface area contributed by atoms with Crippen LogP contribution >= 0.6 is 11.8 Å². The molecule has 7 heteroatoms. The van der Waals surface area contributed by atoms with Crippen molar-refractivity contribution in [2.75, 3.05) is 25.9 Å². The van der Waals surface area contributed by atoms with Crippen LogP contribution in [-0.4, -0.2) is 57.5 Å². The van der Waals surface area contributed by atoms with Crippen molar-refractivity contribution in [1.82, 2.24) is 25.0 Å². The molecule has 3 rings (SSSR count). The van der Waals surface area contributed by atoms with Crippen molar-refractivity contribution in [2.24, 2.45) is 7.05 Å². The zero-order valence-electron chi connectivity index (χ0n) is 14.8. The summed E-state index contributed by atoms with van der Waals surface area (Å²) in [6.07, 6.45) is 10.3. The molecule has 6 nitrogen and oxygen atoms in total. The Morgan fingerprint density at radius 1 is 1.17 bits per heavy atom. The van der Waals surface area contributed by atoms with Crippen LogP contribution in [0.2, 0.25) is 0 Å². The highest BCUT2D eigenvalue weighted by atomic mass is 32.2. The number of piperidine rings is 1. The lowest BCUT2D eigenvalue weighted by atomic mass is 9.95. The summed E-state index contributed by atoms with van der Waals surface area (Å²) >= 11 is 1.63. The number of carbonyl (C=O) groups excluding carboxylic acids is 1. The number of hydrogen-bond acceptors (Lipinski definition) is 5. The van der Waals surface area contributed by atoms with E-state index in [1.54, 1.807) is 11.8 Å². The average Bonchev–Trinajstić information content (AvgIpc) is 2.97. The van der Waals surface area contributed by atoms with Crippen LogP contribution in [0.5, 0.6) is 0 Å². The van der Waals surface area contributed by atoms with E-state index in [0.29, 0.717) is 18.5 Å². The first-order chi connectivity index (χ1) is 11.7. The molecule has 1 aliphatic carbocycles. The Labute approximate surface area is 148 Å². The van der Waals surface area contributed by atoms with Crippen LogP contribution in [0.4, 0.5) is 0 Å². The van der Waals surface area contributed by atoms with Crippen molar-refractivity contribution in [3.05, 3.63) is 5.82 Å². The molecule has 0 bridgehead atoms. The van der Waals surface area contributed by atoms with E-state index >= 15 is 0 Å². The summed E-state index contributed by atoms with van der Waals surface area (Å²) < 4.78 is 2.11. The van der Waals surface area contributed by atoms with Gasteiger partial charge in [0.25, 0.3) is 0 Å². The molecule has 1 amide bonds. The predicted molar refractivity (Wildman–Crippen MR) is 96.2 cm³/mol. The van der Waals surface area contributed by atoms with E-state index in [9.17, 15) is 4.79 Å². The maximum absolute atomic E-state index is 12.2. The molecule has 2 heterocycles. The van der Waals surface area contributed by atoms with Gasteiger partial charge in [0.15, 0.2) is 5.16 Å². The average molecular weight is 352 g/mol. The predicted octanol–water partition coefficient (Wildman–Crippen LogP) is 2.17. The maximum Gasteiger partial charge on any atom is 0.234 e. The summed E-state index contributed by atoms with van der Waals surface area (Å²) in [5.41, 5.74) is 0. The van der Waals surface area contributed by atoms with E-state index in [0.717, 1.165) is 49.8 Å². The second kappa shape index (κ2) is 8.34. The highest BCUT2D eigenvalue weighted by molar-refractivity contribution is 7.98. The number of amides is 1. The summed E-state index contributed by atoms with van der Waals surface area (Å²) in [4.78, 5) is 14.5. The molecule has 1 saturated heterocycles. The second-order valence-corrected chi connectivity index (χ2v) is 7.83. The number of aromatic nitrogens is 3. The topological polar surface area (TPSA) is 63.1 Å². The van der Waals surface area contributed by atoms with E-state index in [-0.39, 0.29) is 5.91 Å². The smallest absolute Gasteiger partial charge is 0.234 e.